The summed E-state index contributed by atoms with van der Waals surface area (Å²) in [5.41, 5.74) is 6.66. The molecule has 0 spiro atoms. The highest BCUT2D eigenvalue weighted by molar-refractivity contribution is 5.87. The first-order valence-corrected chi connectivity index (χ1v) is 9.91. The summed E-state index contributed by atoms with van der Waals surface area (Å²) >= 11 is 0. The first kappa shape index (κ1) is 16.2. The van der Waals surface area contributed by atoms with Crippen molar-refractivity contribution in [3.8, 4) is 11.1 Å². The molecule has 5 heteroatoms. The van der Waals surface area contributed by atoms with Gasteiger partial charge in [-0.2, -0.15) is 0 Å². The summed E-state index contributed by atoms with van der Waals surface area (Å²) in [6, 6.07) is 19.1. The minimum Gasteiger partial charge on any atom is -0.346 e. The van der Waals surface area contributed by atoms with E-state index in [2.05, 4.69) is 63.4 Å². The summed E-state index contributed by atoms with van der Waals surface area (Å²) in [5, 5.41) is 2.14. The molecule has 0 unspecified atom stereocenters. The van der Waals surface area contributed by atoms with Crippen LogP contribution in [0.3, 0.4) is 0 Å². The minimum absolute atomic E-state index is 0.771. The van der Waals surface area contributed by atoms with E-state index in [0.29, 0.717) is 0 Å². The highest BCUT2D eigenvalue weighted by Crippen LogP contribution is 2.32. The summed E-state index contributed by atoms with van der Waals surface area (Å²) in [5.74, 6) is 0.771. The second-order valence-electron chi connectivity index (χ2n) is 7.47. The van der Waals surface area contributed by atoms with Crippen LogP contribution in [0.25, 0.3) is 33.1 Å². The number of para-hydroxylation sites is 1. The average molecular weight is 377 g/mol. The van der Waals surface area contributed by atoms with Gasteiger partial charge in [-0.25, -0.2) is 15.0 Å². The molecule has 0 aliphatic carbocycles. The van der Waals surface area contributed by atoms with Gasteiger partial charge in [0.05, 0.1) is 5.52 Å². The van der Waals surface area contributed by atoms with Gasteiger partial charge in [0, 0.05) is 47.2 Å². The van der Waals surface area contributed by atoms with Crippen LogP contribution in [-0.2, 0) is 6.42 Å². The number of nitrogens with one attached hydrogen (secondary N) is 1. The number of nitrogens with zero attached hydrogens (tertiary/aromatic N) is 4. The number of hydrogen-bond acceptors (Lipinski definition) is 4. The third-order valence-electron chi connectivity index (χ3n) is 5.65. The van der Waals surface area contributed by atoms with Gasteiger partial charge in [0.1, 0.15) is 5.65 Å². The second kappa shape index (κ2) is 6.41. The predicted octanol–water partition coefficient (Wildman–Crippen LogP) is 5.26. The summed E-state index contributed by atoms with van der Waals surface area (Å²) < 4.78 is 0. The fourth-order valence-electron chi connectivity index (χ4n) is 4.17. The van der Waals surface area contributed by atoms with Gasteiger partial charge in [-0.1, -0.05) is 24.3 Å². The van der Waals surface area contributed by atoms with Crippen LogP contribution in [0.15, 0.2) is 73.2 Å². The molecule has 0 saturated carbocycles. The molecule has 0 saturated heterocycles. The number of rotatable bonds is 2. The zero-order valence-electron chi connectivity index (χ0n) is 15.8. The van der Waals surface area contributed by atoms with Crippen LogP contribution in [0.5, 0.6) is 0 Å². The quantitative estimate of drug-likeness (QED) is 0.456. The van der Waals surface area contributed by atoms with Crippen molar-refractivity contribution in [1.82, 2.24) is 19.9 Å². The molecule has 6 rings (SSSR count). The van der Waals surface area contributed by atoms with Gasteiger partial charge < -0.3 is 9.88 Å². The number of anilines is 2. The topological polar surface area (TPSA) is 57.7 Å². The molecule has 0 fully saturated rings. The lowest BCUT2D eigenvalue weighted by Gasteiger charge is -2.29. The van der Waals surface area contributed by atoms with Crippen molar-refractivity contribution >= 4 is 33.6 Å². The Morgan fingerprint density at radius 1 is 0.862 bits per heavy atom. The van der Waals surface area contributed by atoms with E-state index in [9.17, 15) is 0 Å². The standard InChI is InChI=1S/C24H19N5/c1-2-6-22-16(4-1)5-3-11-29(22)24-27-15-20-12-17(7-8-21(20)28-24)19-13-18-9-10-25-23(18)26-14-19/h1-2,4,6-10,12-15H,3,5,11H2,(H,25,26). The zero-order chi connectivity index (χ0) is 19.2. The van der Waals surface area contributed by atoms with Crippen molar-refractivity contribution in [2.45, 2.75) is 12.8 Å². The fourth-order valence-corrected chi connectivity index (χ4v) is 4.17. The SMILES string of the molecule is c1ccc2c(c1)CCCN2c1ncc2cc(-c3cnc4[nH]ccc4c3)ccc2n1. The van der Waals surface area contributed by atoms with E-state index < -0.39 is 0 Å². The van der Waals surface area contributed by atoms with Crippen molar-refractivity contribution in [1.29, 1.82) is 0 Å². The molecule has 2 aromatic carbocycles. The van der Waals surface area contributed by atoms with Crippen LogP contribution in [0.2, 0.25) is 0 Å². The van der Waals surface area contributed by atoms with Crippen molar-refractivity contribution in [2.75, 3.05) is 11.4 Å². The van der Waals surface area contributed by atoms with Crippen LogP contribution in [0.1, 0.15) is 12.0 Å². The molecule has 29 heavy (non-hydrogen) atoms. The first-order valence-electron chi connectivity index (χ1n) is 9.91. The fraction of sp³-hybridized carbons (Fsp3) is 0.125. The van der Waals surface area contributed by atoms with E-state index in [1.807, 2.05) is 24.7 Å². The number of pyridine rings is 1. The van der Waals surface area contributed by atoms with Gasteiger partial charge in [-0.05, 0) is 54.3 Å². The molecule has 1 N–H and O–H groups in total. The molecular weight excluding hydrogens is 358 g/mol. The molecule has 0 bridgehead atoms. The van der Waals surface area contributed by atoms with Gasteiger partial charge in [0.25, 0.3) is 0 Å². The van der Waals surface area contributed by atoms with Crippen molar-refractivity contribution in [3.63, 3.8) is 0 Å². The first-order chi connectivity index (χ1) is 14.3. The smallest absolute Gasteiger partial charge is 0.230 e. The summed E-state index contributed by atoms with van der Waals surface area (Å²) in [4.78, 5) is 19.4. The van der Waals surface area contributed by atoms with Gasteiger partial charge in [0.2, 0.25) is 5.95 Å². The lowest BCUT2D eigenvalue weighted by Crippen LogP contribution is -2.26. The Morgan fingerprint density at radius 3 is 2.79 bits per heavy atom. The normalized spacial score (nSPS) is 13.7. The van der Waals surface area contributed by atoms with E-state index in [1.165, 1.54) is 11.3 Å². The average Bonchev–Trinajstić information content (AvgIpc) is 3.26. The molecular formula is C24H19N5. The van der Waals surface area contributed by atoms with Gasteiger partial charge in [0.15, 0.2) is 0 Å². The molecule has 1 aliphatic rings. The number of aromatic amines is 1. The number of aromatic nitrogens is 4. The van der Waals surface area contributed by atoms with Crippen LogP contribution in [-0.4, -0.2) is 26.5 Å². The zero-order valence-corrected chi connectivity index (χ0v) is 15.8. The number of H-pyrrole nitrogens is 1. The van der Waals surface area contributed by atoms with Crippen LogP contribution in [0.4, 0.5) is 11.6 Å². The van der Waals surface area contributed by atoms with E-state index in [4.69, 9.17) is 9.97 Å². The summed E-state index contributed by atoms with van der Waals surface area (Å²) in [6.07, 6.45) is 7.98. The highest BCUT2D eigenvalue weighted by Gasteiger charge is 2.20. The molecule has 140 valence electrons. The molecule has 5 nitrogen and oxygen atoms in total. The number of fused-ring (bicyclic) bond motifs is 3. The van der Waals surface area contributed by atoms with Crippen LogP contribution in [0, 0.1) is 0 Å². The van der Waals surface area contributed by atoms with E-state index >= 15 is 0 Å². The van der Waals surface area contributed by atoms with Crippen molar-refractivity contribution in [2.24, 2.45) is 0 Å². The Bertz CT molecular complexity index is 1350. The Morgan fingerprint density at radius 2 is 1.79 bits per heavy atom. The van der Waals surface area contributed by atoms with E-state index in [-0.39, 0.29) is 0 Å². The second-order valence-corrected chi connectivity index (χ2v) is 7.47. The highest BCUT2D eigenvalue weighted by atomic mass is 15.3. The monoisotopic (exact) mass is 377 g/mol. The van der Waals surface area contributed by atoms with Crippen LogP contribution >= 0.6 is 0 Å². The maximum atomic E-state index is 4.87. The maximum absolute atomic E-state index is 4.87. The molecule has 0 radical (unpaired) electrons. The lowest BCUT2D eigenvalue weighted by atomic mass is 10.0. The Hall–Kier alpha value is -3.73. The Labute approximate surface area is 168 Å². The largest absolute Gasteiger partial charge is 0.346 e. The minimum atomic E-state index is 0.771. The lowest BCUT2D eigenvalue weighted by molar-refractivity contribution is 0.752. The maximum Gasteiger partial charge on any atom is 0.230 e. The number of benzene rings is 2. The van der Waals surface area contributed by atoms with Crippen molar-refractivity contribution in [3.05, 3.63) is 78.8 Å². The number of hydrogen-bond donors (Lipinski definition) is 1. The van der Waals surface area contributed by atoms with Gasteiger partial charge >= 0.3 is 0 Å². The molecule has 0 amide bonds. The molecule has 5 aromatic rings. The molecule has 1 aliphatic heterocycles. The van der Waals surface area contributed by atoms with Crippen molar-refractivity contribution < 1.29 is 0 Å². The van der Waals surface area contributed by atoms with E-state index in [0.717, 1.165) is 58.4 Å². The van der Waals surface area contributed by atoms with Gasteiger partial charge in [-0.15, -0.1) is 0 Å². The molecule has 4 heterocycles. The van der Waals surface area contributed by atoms with E-state index in [1.54, 1.807) is 0 Å². The summed E-state index contributed by atoms with van der Waals surface area (Å²) in [7, 11) is 0. The Kier molecular flexibility index (Phi) is 3.59. The molecule has 3 aromatic heterocycles. The third kappa shape index (κ3) is 2.74. The van der Waals surface area contributed by atoms with Gasteiger partial charge in [-0.3, -0.25) is 0 Å². The molecule has 0 atom stereocenters. The van der Waals surface area contributed by atoms with Crippen LogP contribution < -0.4 is 4.90 Å². The third-order valence-corrected chi connectivity index (χ3v) is 5.65. The summed E-state index contributed by atoms with van der Waals surface area (Å²) in [6.45, 7) is 0.947. The Balaban J connectivity index is 1.40. The number of aryl methyl sites for hydroxylation is 1. The predicted molar refractivity (Wildman–Crippen MR) is 116 cm³/mol.